The molecule has 0 aromatic carbocycles. The van der Waals surface area contributed by atoms with Crippen LogP contribution in [-0.4, -0.2) is 42.3 Å². The van der Waals surface area contributed by atoms with E-state index in [0.717, 1.165) is 12.8 Å². The molecule has 4 nitrogen and oxygen atoms in total. The van der Waals surface area contributed by atoms with E-state index >= 15 is 0 Å². The zero-order valence-corrected chi connectivity index (χ0v) is 13.6. The molecule has 0 rings (SSSR count). The molecule has 1 radical (unpaired) electrons. The van der Waals surface area contributed by atoms with Crippen LogP contribution in [0.5, 0.6) is 0 Å². The van der Waals surface area contributed by atoms with Crippen LogP contribution in [-0.2, 0) is 17.1 Å². The van der Waals surface area contributed by atoms with E-state index in [2.05, 4.69) is 0 Å². The summed E-state index contributed by atoms with van der Waals surface area (Å²) in [5, 5.41) is 0. The van der Waals surface area contributed by atoms with E-state index in [9.17, 15) is 0 Å². The van der Waals surface area contributed by atoms with Crippen LogP contribution in [0.15, 0.2) is 0 Å². The quantitative estimate of drug-likeness (QED) is 0.408. The molecule has 0 aliphatic carbocycles. The maximum Gasteiger partial charge on any atom is 0.306 e. The van der Waals surface area contributed by atoms with Crippen LogP contribution in [0.1, 0.15) is 54.4 Å². The number of hydrogen-bond acceptors (Lipinski definition) is 0. The van der Waals surface area contributed by atoms with Crippen LogP contribution in [0.25, 0.3) is 0 Å². The number of ketones is 4. The van der Waals surface area contributed by atoms with Gasteiger partial charge >= 0.3 is 23.1 Å². The third-order valence-electron chi connectivity index (χ3n) is 2.83. The Morgan fingerprint density at radius 2 is 0.789 bits per heavy atom. The molecule has 0 heterocycles. The molecule has 5 heteroatoms. The molecule has 115 valence electrons. The van der Waals surface area contributed by atoms with Crippen LogP contribution in [0.4, 0.5) is 0 Å². The van der Waals surface area contributed by atoms with E-state index in [1.54, 1.807) is 27.7 Å². The predicted molar refractivity (Wildman–Crippen MR) is 78.0 cm³/mol. The van der Waals surface area contributed by atoms with Gasteiger partial charge in [-0.25, -0.2) is 0 Å². The van der Waals surface area contributed by atoms with E-state index < -0.39 is 0 Å². The van der Waals surface area contributed by atoms with E-state index in [1.807, 2.05) is 13.8 Å². The maximum atomic E-state index is 8.92. The summed E-state index contributed by atoms with van der Waals surface area (Å²) in [6, 6.07) is 0. The Morgan fingerprint density at radius 3 is 0.789 bits per heavy atom. The van der Waals surface area contributed by atoms with Crippen LogP contribution in [0, 0.1) is 11.8 Å². The molecule has 19 heavy (non-hydrogen) atoms. The standard InChI is InChI=1S/2C7H12O2.Cu/c2*1-4-7(5(2)8)6(3)9;/h2*7H,4H2,1-3H3;/p+4. The molecule has 4 N–H and O–H groups in total. The first-order valence-corrected chi connectivity index (χ1v) is 6.28. The van der Waals surface area contributed by atoms with E-state index in [-0.39, 0.29) is 52.0 Å². The second kappa shape index (κ2) is 12.2. The Balaban J connectivity index is -0.000000256. The molecule has 0 saturated heterocycles. The first-order chi connectivity index (χ1) is 8.18. The molecule has 0 amide bonds. The van der Waals surface area contributed by atoms with Crippen molar-refractivity contribution in [3.05, 3.63) is 0 Å². The van der Waals surface area contributed by atoms with Gasteiger partial charge in [0.1, 0.15) is 0 Å². The third-order valence-corrected chi connectivity index (χ3v) is 2.83. The van der Waals surface area contributed by atoms with Crippen molar-refractivity contribution in [1.82, 2.24) is 0 Å². The van der Waals surface area contributed by atoms with Crippen molar-refractivity contribution in [2.75, 3.05) is 0 Å². The van der Waals surface area contributed by atoms with Gasteiger partial charge in [-0.2, -0.15) is 0 Å². The van der Waals surface area contributed by atoms with Crippen LogP contribution in [0.3, 0.4) is 0 Å². The van der Waals surface area contributed by atoms with Crippen molar-refractivity contribution >= 4 is 23.1 Å². The van der Waals surface area contributed by atoms with Crippen LogP contribution in [0.2, 0.25) is 0 Å². The summed E-state index contributed by atoms with van der Waals surface area (Å²) >= 11 is 0. The van der Waals surface area contributed by atoms with Crippen LogP contribution >= 0.6 is 0 Å². The summed E-state index contributed by atoms with van der Waals surface area (Å²) in [5.74, 6) is 0.889. The number of rotatable bonds is 6. The largest absolute Gasteiger partial charge is 0.306 e. The summed E-state index contributed by atoms with van der Waals surface area (Å²) in [7, 11) is 0. The van der Waals surface area contributed by atoms with Gasteiger partial charge in [0.05, 0.1) is 0 Å². The van der Waals surface area contributed by atoms with Gasteiger partial charge in [0.15, 0.2) is 11.8 Å². The summed E-state index contributed by atoms with van der Waals surface area (Å²) in [6.45, 7) is 10.3. The van der Waals surface area contributed by atoms with Crippen molar-refractivity contribution in [3.63, 3.8) is 0 Å². The summed E-state index contributed by atoms with van der Waals surface area (Å²) in [5.41, 5.74) is 0. The Bertz CT molecular complexity index is 263. The molecule has 0 aromatic heterocycles. The summed E-state index contributed by atoms with van der Waals surface area (Å²) in [6.07, 6.45) is 1.51. The van der Waals surface area contributed by atoms with Gasteiger partial charge in [-0.1, -0.05) is 13.8 Å². The van der Waals surface area contributed by atoms with Gasteiger partial charge in [-0.05, 0) is 12.8 Å². The predicted octanol–water partition coefficient (Wildman–Crippen LogP) is 2.28. The van der Waals surface area contributed by atoms with Crippen molar-refractivity contribution in [2.24, 2.45) is 11.8 Å². The Labute approximate surface area is 126 Å². The summed E-state index contributed by atoms with van der Waals surface area (Å²) < 4.78 is 0. The molecule has 0 aromatic rings. The smallest absolute Gasteiger partial charge is 0.283 e. The monoisotopic (exact) mass is 323 g/mol. The maximum absolute atomic E-state index is 8.92. The molecular weight excluding hydrogens is 296 g/mol. The normalized spacial score (nSPS) is 12.1. The minimum atomic E-state index is -0.134. The molecular formula is C14H28CuO4+4. The van der Waals surface area contributed by atoms with E-state index in [0.29, 0.717) is 0 Å². The number of carbonyl (C=O) groups excluding carboxylic acids is 4. The van der Waals surface area contributed by atoms with Gasteiger partial charge in [0.2, 0.25) is 0 Å². The minimum Gasteiger partial charge on any atom is -0.283 e. The molecule has 0 aliphatic rings. The SMILES string of the molecule is CCC(C(C)=[OH+])C(C)=[OH+].CCC(C(C)=[OH+])C(C)=[OH+].[Cu]. The van der Waals surface area contributed by atoms with Crippen molar-refractivity contribution < 1.29 is 36.2 Å². The minimum absolute atomic E-state index is 0. The second-order valence-corrected chi connectivity index (χ2v) is 4.49. The topological polar surface area (TPSA) is 85.6 Å². The van der Waals surface area contributed by atoms with Gasteiger partial charge in [0.25, 0.3) is 0 Å². The molecule has 0 bridgehead atoms. The van der Waals surface area contributed by atoms with Gasteiger partial charge in [0, 0.05) is 44.8 Å². The average molecular weight is 324 g/mol. The van der Waals surface area contributed by atoms with Gasteiger partial charge in [-0.3, -0.25) is 19.2 Å². The van der Waals surface area contributed by atoms with E-state index in [4.69, 9.17) is 19.2 Å². The molecule has 0 fully saturated rings. The molecule has 0 atom stereocenters. The van der Waals surface area contributed by atoms with Crippen molar-refractivity contribution in [2.45, 2.75) is 54.4 Å². The first kappa shape index (κ1) is 23.3. The number of hydrogen-bond donors (Lipinski definition) is 0. The molecule has 0 aliphatic heterocycles. The Hall–Kier alpha value is -0.801. The van der Waals surface area contributed by atoms with Crippen LogP contribution < -0.4 is 0 Å². The summed E-state index contributed by atoms with van der Waals surface area (Å²) in [4.78, 5) is 35.7. The van der Waals surface area contributed by atoms with Crippen molar-refractivity contribution in [1.29, 1.82) is 0 Å². The molecule has 0 saturated carbocycles. The fourth-order valence-electron chi connectivity index (χ4n) is 1.79. The van der Waals surface area contributed by atoms with E-state index in [1.165, 1.54) is 0 Å². The zero-order chi connectivity index (χ0) is 14.9. The van der Waals surface area contributed by atoms with Gasteiger partial charge < -0.3 is 0 Å². The Kier molecular flexibility index (Phi) is 15.0. The van der Waals surface area contributed by atoms with Gasteiger partial charge in [-0.15, -0.1) is 0 Å². The Morgan fingerprint density at radius 1 is 0.632 bits per heavy atom. The first-order valence-electron chi connectivity index (χ1n) is 6.28. The molecule has 0 unspecified atom stereocenters. The fourth-order valence-corrected chi connectivity index (χ4v) is 1.79. The third kappa shape index (κ3) is 10.8. The second-order valence-electron chi connectivity index (χ2n) is 4.49. The zero-order valence-electron chi connectivity index (χ0n) is 12.7. The van der Waals surface area contributed by atoms with Crippen molar-refractivity contribution in [3.8, 4) is 0 Å². The average Bonchev–Trinajstić information content (AvgIpc) is 2.17. The molecule has 0 spiro atoms. The fraction of sp³-hybridized carbons (Fsp3) is 0.714.